The summed E-state index contributed by atoms with van der Waals surface area (Å²) in [5, 5.41) is 22.2. The summed E-state index contributed by atoms with van der Waals surface area (Å²) in [6.07, 6.45) is 1.43. The number of ketones is 1. The molecule has 0 aromatic heterocycles. The zero-order chi connectivity index (χ0) is 19.0. The molecule has 1 saturated carbocycles. The molecule has 1 spiro atoms. The highest BCUT2D eigenvalue weighted by Gasteiger charge is 2.73. The van der Waals surface area contributed by atoms with E-state index in [0.29, 0.717) is 25.1 Å². The van der Waals surface area contributed by atoms with E-state index in [1.54, 1.807) is 17.0 Å². The summed E-state index contributed by atoms with van der Waals surface area (Å²) in [5.41, 5.74) is -0.582. The van der Waals surface area contributed by atoms with Crippen molar-refractivity contribution in [2.75, 3.05) is 13.2 Å². The lowest BCUT2D eigenvalue weighted by molar-refractivity contribution is -0.183. The van der Waals surface area contributed by atoms with Gasteiger partial charge in [0.05, 0.1) is 17.1 Å². The second-order valence-corrected chi connectivity index (χ2v) is 7.84. The molecule has 1 aromatic rings. The molecule has 2 aliphatic carbocycles. The average Bonchev–Trinajstić information content (AvgIpc) is 3.00. The molecule has 2 heterocycles. The van der Waals surface area contributed by atoms with Gasteiger partial charge >= 0.3 is 6.09 Å². The number of amides is 1. The van der Waals surface area contributed by atoms with Gasteiger partial charge in [-0.25, -0.2) is 4.79 Å². The number of ether oxygens (including phenoxy) is 2. The van der Waals surface area contributed by atoms with Crippen molar-refractivity contribution in [2.24, 2.45) is 0 Å². The van der Waals surface area contributed by atoms with Crippen LogP contribution in [0.5, 0.6) is 11.5 Å². The van der Waals surface area contributed by atoms with E-state index < -0.39 is 29.3 Å². The van der Waals surface area contributed by atoms with Crippen molar-refractivity contribution >= 4 is 11.9 Å². The highest BCUT2D eigenvalue weighted by atomic mass is 16.6. The van der Waals surface area contributed by atoms with Crippen LogP contribution >= 0.6 is 0 Å². The first-order valence-electron chi connectivity index (χ1n) is 9.25. The van der Waals surface area contributed by atoms with Crippen molar-refractivity contribution in [2.45, 2.75) is 48.8 Å². The molecule has 2 bridgehead atoms. The number of carbonyl (C=O) groups is 2. The molecule has 2 fully saturated rings. The van der Waals surface area contributed by atoms with Crippen LogP contribution in [-0.2, 0) is 21.4 Å². The van der Waals surface area contributed by atoms with Gasteiger partial charge in [-0.15, -0.1) is 0 Å². The summed E-state index contributed by atoms with van der Waals surface area (Å²) in [5.74, 6) is 0.232. The van der Waals surface area contributed by atoms with Crippen molar-refractivity contribution < 1.29 is 29.3 Å². The second-order valence-electron chi connectivity index (χ2n) is 7.84. The van der Waals surface area contributed by atoms with Crippen molar-refractivity contribution in [3.8, 4) is 11.5 Å². The smallest absolute Gasteiger partial charge is 0.410 e. The van der Waals surface area contributed by atoms with E-state index in [-0.39, 0.29) is 31.0 Å². The lowest BCUT2D eigenvalue weighted by Gasteiger charge is -2.61. The normalized spacial score (nSPS) is 35.3. The number of phenols is 1. The number of Topliss-reactive ketones (excluding diaryl/α,β-unsaturated/α-hetero) is 1. The first-order valence-corrected chi connectivity index (χ1v) is 9.25. The van der Waals surface area contributed by atoms with E-state index in [9.17, 15) is 19.8 Å². The highest BCUT2D eigenvalue weighted by molar-refractivity contribution is 5.90. The predicted molar refractivity (Wildman–Crippen MR) is 93.8 cm³/mol. The van der Waals surface area contributed by atoms with E-state index in [2.05, 4.69) is 6.58 Å². The van der Waals surface area contributed by atoms with Crippen molar-refractivity contribution in [3.05, 3.63) is 35.9 Å². The Bertz CT molecular complexity index is 881. The van der Waals surface area contributed by atoms with Gasteiger partial charge in [0.2, 0.25) is 0 Å². The summed E-state index contributed by atoms with van der Waals surface area (Å²) >= 11 is 0. The molecule has 7 nitrogen and oxygen atoms in total. The van der Waals surface area contributed by atoms with Crippen molar-refractivity contribution in [1.29, 1.82) is 0 Å². The maximum Gasteiger partial charge on any atom is 0.410 e. The molecule has 0 radical (unpaired) electrons. The van der Waals surface area contributed by atoms with E-state index in [1.807, 2.05) is 0 Å². The molecule has 1 amide bonds. The Labute approximate surface area is 156 Å². The van der Waals surface area contributed by atoms with Gasteiger partial charge in [0.1, 0.15) is 6.61 Å². The summed E-state index contributed by atoms with van der Waals surface area (Å²) in [4.78, 5) is 26.9. The Kier molecular flexibility index (Phi) is 3.23. The summed E-state index contributed by atoms with van der Waals surface area (Å²) in [6.45, 7) is 4.01. The van der Waals surface area contributed by atoms with E-state index >= 15 is 0 Å². The molecule has 2 N–H and O–H groups in total. The minimum absolute atomic E-state index is 0.0149. The van der Waals surface area contributed by atoms with Gasteiger partial charge in [0.15, 0.2) is 23.4 Å². The van der Waals surface area contributed by atoms with Gasteiger partial charge in [-0.3, -0.25) is 4.79 Å². The molecule has 1 saturated heterocycles. The minimum atomic E-state index is -1.30. The molecule has 5 rings (SSSR count). The van der Waals surface area contributed by atoms with Crippen LogP contribution in [-0.4, -0.2) is 57.9 Å². The maximum atomic E-state index is 12.7. The summed E-state index contributed by atoms with van der Waals surface area (Å²) in [6, 6.07) is 2.84. The minimum Gasteiger partial charge on any atom is -0.504 e. The average molecular weight is 371 g/mol. The first kappa shape index (κ1) is 16.6. The molecule has 1 aromatic carbocycles. The first-order chi connectivity index (χ1) is 12.9. The summed E-state index contributed by atoms with van der Waals surface area (Å²) < 4.78 is 11.2. The number of nitrogens with zero attached hydrogens (tertiary/aromatic N) is 1. The third-order valence-electron chi connectivity index (χ3n) is 6.82. The quantitative estimate of drug-likeness (QED) is 0.764. The Morgan fingerprint density at radius 3 is 3.04 bits per heavy atom. The standard InChI is InChI=1S/C20H21NO6/c1-2-9-26-18(24)21-8-7-19-15-11-3-4-12(22)16(15)27-17(19)13(23)5-6-20(19,25)14(21)10-11/h2-4,14,17,22,25H,1,5-10H2/t14-,17+,19?,20?/m1/s1. The van der Waals surface area contributed by atoms with Crippen LogP contribution in [0.3, 0.4) is 0 Å². The zero-order valence-corrected chi connectivity index (χ0v) is 14.8. The van der Waals surface area contributed by atoms with E-state index in [0.717, 1.165) is 11.1 Å². The Hall–Kier alpha value is -2.54. The Balaban J connectivity index is 1.68. The number of benzene rings is 1. The van der Waals surface area contributed by atoms with Gasteiger partial charge in [0, 0.05) is 18.5 Å². The predicted octanol–water partition coefficient (Wildman–Crippen LogP) is 1.44. The molecule has 142 valence electrons. The number of piperidine rings is 1. The highest BCUT2D eigenvalue weighted by Crippen LogP contribution is 2.64. The number of carbonyl (C=O) groups excluding carboxylic acids is 2. The SMILES string of the molecule is C=CCOC(=O)N1CCC23c4c5ccc(O)c4O[C@H]2C(=O)CCC3(O)[C@H]1C5. The van der Waals surface area contributed by atoms with Crippen molar-refractivity contribution in [3.63, 3.8) is 0 Å². The van der Waals surface area contributed by atoms with Gasteiger partial charge in [-0.2, -0.15) is 0 Å². The van der Waals surface area contributed by atoms with Crippen LogP contribution in [0, 0.1) is 0 Å². The molecule has 4 atom stereocenters. The molecular weight excluding hydrogens is 350 g/mol. The topological polar surface area (TPSA) is 96.3 Å². The van der Waals surface area contributed by atoms with Crippen LogP contribution in [0.25, 0.3) is 0 Å². The zero-order valence-electron chi connectivity index (χ0n) is 14.8. The fourth-order valence-corrected chi connectivity index (χ4v) is 5.76. The molecule has 7 heteroatoms. The van der Waals surface area contributed by atoms with E-state index in [1.165, 1.54) is 6.08 Å². The van der Waals surface area contributed by atoms with Crippen LogP contribution in [0.4, 0.5) is 4.79 Å². The van der Waals surface area contributed by atoms with Crippen LogP contribution < -0.4 is 4.74 Å². The van der Waals surface area contributed by atoms with Crippen LogP contribution in [0.15, 0.2) is 24.8 Å². The van der Waals surface area contributed by atoms with Crippen LogP contribution in [0.1, 0.15) is 30.4 Å². The molecule has 2 aliphatic heterocycles. The lowest BCUT2D eigenvalue weighted by atomic mass is 9.49. The van der Waals surface area contributed by atoms with Gasteiger partial charge < -0.3 is 24.6 Å². The second kappa shape index (κ2) is 5.25. The van der Waals surface area contributed by atoms with Gasteiger partial charge in [0.25, 0.3) is 0 Å². The van der Waals surface area contributed by atoms with Crippen LogP contribution in [0.2, 0.25) is 0 Å². The lowest BCUT2D eigenvalue weighted by Crippen LogP contribution is -2.77. The number of likely N-dealkylation sites (tertiary alicyclic amines) is 1. The van der Waals surface area contributed by atoms with E-state index in [4.69, 9.17) is 9.47 Å². The third kappa shape index (κ3) is 1.80. The molecule has 4 aliphatic rings. The maximum absolute atomic E-state index is 12.7. The molecule has 27 heavy (non-hydrogen) atoms. The largest absolute Gasteiger partial charge is 0.504 e. The number of phenolic OH excluding ortho intramolecular Hbond substituents is 1. The fourth-order valence-electron chi connectivity index (χ4n) is 5.76. The number of aromatic hydroxyl groups is 1. The van der Waals surface area contributed by atoms with Crippen molar-refractivity contribution in [1.82, 2.24) is 4.90 Å². The summed E-state index contributed by atoms with van der Waals surface area (Å²) in [7, 11) is 0. The van der Waals surface area contributed by atoms with Gasteiger partial charge in [-0.05, 0) is 30.9 Å². The number of aliphatic hydroxyl groups is 1. The van der Waals surface area contributed by atoms with Gasteiger partial charge in [-0.1, -0.05) is 18.7 Å². The number of rotatable bonds is 2. The number of hydrogen-bond acceptors (Lipinski definition) is 6. The monoisotopic (exact) mass is 371 g/mol. The Morgan fingerprint density at radius 2 is 2.26 bits per heavy atom. The molecular formula is C20H21NO6. The molecule has 2 unspecified atom stereocenters. The Morgan fingerprint density at radius 1 is 1.44 bits per heavy atom. The fraction of sp³-hybridized carbons (Fsp3) is 0.500. The number of hydrogen-bond donors (Lipinski definition) is 2. The third-order valence-corrected chi connectivity index (χ3v) is 6.82.